The molecule has 1 unspecified atom stereocenters. The quantitative estimate of drug-likeness (QED) is 0.545. The highest BCUT2D eigenvalue weighted by atomic mass is 16.3. The SMILES string of the molecule is CC(CO)CCCNC(=O)CCC(C)(C)N. The van der Waals surface area contributed by atoms with Gasteiger partial charge in [-0.25, -0.2) is 0 Å². The number of hydrogen-bond donors (Lipinski definition) is 3. The first-order chi connectivity index (χ1) is 7.35. The van der Waals surface area contributed by atoms with Crippen molar-refractivity contribution in [3.05, 3.63) is 0 Å². The lowest BCUT2D eigenvalue weighted by molar-refractivity contribution is -0.121. The largest absolute Gasteiger partial charge is 0.396 e. The number of aliphatic hydroxyl groups is 1. The normalized spacial score (nSPS) is 13.6. The first-order valence-corrected chi connectivity index (χ1v) is 6.01. The predicted octanol–water partition coefficient (Wildman–Crippen LogP) is 1.03. The molecule has 0 rings (SSSR count). The number of nitrogens with one attached hydrogen (secondary N) is 1. The van der Waals surface area contributed by atoms with Gasteiger partial charge in [0.1, 0.15) is 0 Å². The molecule has 4 nitrogen and oxygen atoms in total. The fourth-order valence-corrected chi connectivity index (χ4v) is 1.29. The molecule has 0 aliphatic carbocycles. The molecule has 0 saturated heterocycles. The number of carbonyl (C=O) groups excluding carboxylic acids is 1. The second kappa shape index (κ2) is 7.63. The number of amides is 1. The van der Waals surface area contributed by atoms with E-state index in [2.05, 4.69) is 5.32 Å². The van der Waals surface area contributed by atoms with Crippen molar-refractivity contribution in [1.29, 1.82) is 0 Å². The lowest BCUT2D eigenvalue weighted by Crippen LogP contribution is -2.34. The second-order valence-corrected chi connectivity index (χ2v) is 5.27. The van der Waals surface area contributed by atoms with Crippen LogP contribution in [0.1, 0.15) is 46.5 Å². The fourth-order valence-electron chi connectivity index (χ4n) is 1.29. The molecule has 4 heteroatoms. The Morgan fingerprint density at radius 1 is 1.50 bits per heavy atom. The Bertz CT molecular complexity index is 200. The third-order valence-electron chi connectivity index (χ3n) is 2.50. The highest BCUT2D eigenvalue weighted by molar-refractivity contribution is 5.75. The van der Waals surface area contributed by atoms with Crippen molar-refractivity contribution in [1.82, 2.24) is 5.32 Å². The number of nitrogens with two attached hydrogens (primary N) is 1. The van der Waals surface area contributed by atoms with Crippen molar-refractivity contribution in [3.63, 3.8) is 0 Å². The maximum absolute atomic E-state index is 11.4. The summed E-state index contributed by atoms with van der Waals surface area (Å²) in [4.78, 5) is 11.4. The minimum Gasteiger partial charge on any atom is -0.396 e. The minimum absolute atomic E-state index is 0.0650. The van der Waals surface area contributed by atoms with Gasteiger partial charge in [-0.2, -0.15) is 0 Å². The molecule has 0 aromatic carbocycles. The Labute approximate surface area is 98.6 Å². The predicted molar refractivity (Wildman–Crippen MR) is 66.0 cm³/mol. The monoisotopic (exact) mass is 230 g/mol. The first kappa shape index (κ1) is 15.4. The molecule has 0 aliphatic rings. The molecular formula is C12H26N2O2. The maximum Gasteiger partial charge on any atom is 0.220 e. The van der Waals surface area contributed by atoms with Crippen molar-refractivity contribution >= 4 is 5.91 Å². The van der Waals surface area contributed by atoms with E-state index in [1.807, 2.05) is 20.8 Å². The maximum atomic E-state index is 11.4. The average molecular weight is 230 g/mol. The molecule has 0 aromatic rings. The molecule has 0 heterocycles. The smallest absolute Gasteiger partial charge is 0.220 e. The molecule has 0 spiro atoms. The van der Waals surface area contributed by atoms with E-state index >= 15 is 0 Å². The van der Waals surface area contributed by atoms with Gasteiger partial charge in [0.25, 0.3) is 0 Å². The van der Waals surface area contributed by atoms with Gasteiger partial charge < -0.3 is 16.2 Å². The number of rotatable bonds is 8. The summed E-state index contributed by atoms with van der Waals surface area (Å²) >= 11 is 0. The van der Waals surface area contributed by atoms with Crippen LogP contribution in [0, 0.1) is 5.92 Å². The molecule has 4 N–H and O–H groups in total. The molecule has 0 fully saturated rings. The third kappa shape index (κ3) is 9.93. The van der Waals surface area contributed by atoms with Gasteiger partial charge in [-0.3, -0.25) is 4.79 Å². The van der Waals surface area contributed by atoms with Crippen molar-refractivity contribution in [2.75, 3.05) is 13.2 Å². The minimum atomic E-state index is -0.275. The van der Waals surface area contributed by atoms with Crippen LogP contribution in [0.2, 0.25) is 0 Å². The van der Waals surface area contributed by atoms with E-state index < -0.39 is 0 Å². The van der Waals surface area contributed by atoms with E-state index in [0.29, 0.717) is 25.3 Å². The van der Waals surface area contributed by atoms with Gasteiger partial charge >= 0.3 is 0 Å². The molecule has 1 amide bonds. The molecule has 0 bridgehead atoms. The van der Waals surface area contributed by atoms with Crippen LogP contribution >= 0.6 is 0 Å². The summed E-state index contributed by atoms with van der Waals surface area (Å²) < 4.78 is 0. The van der Waals surface area contributed by atoms with Gasteiger partial charge in [0.2, 0.25) is 5.91 Å². The standard InChI is InChI=1S/C12H26N2O2/c1-10(9-15)5-4-8-14-11(16)6-7-12(2,3)13/h10,15H,4-9,13H2,1-3H3,(H,14,16). The number of aliphatic hydroxyl groups excluding tert-OH is 1. The van der Waals surface area contributed by atoms with E-state index in [-0.39, 0.29) is 18.1 Å². The summed E-state index contributed by atoms with van der Waals surface area (Å²) in [5.41, 5.74) is 5.51. The summed E-state index contributed by atoms with van der Waals surface area (Å²) in [6.07, 6.45) is 3.05. The van der Waals surface area contributed by atoms with Gasteiger partial charge in [0.15, 0.2) is 0 Å². The van der Waals surface area contributed by atoms with E-state index in [1.54, 1.807) is 0 Å². The van der Waals surface area contributed by atoms with Gasteiger partial charge in [-0.15, -0.1) is 0 Å². The lowest BCUT2D eigenvalue weighted by Gasteiger charge is -2.17. The summed E-state index contributed by atoms with van der Waals surface area (Å²) in [6.45, 7) is 6.74. The molecule has 16 heavy (non-hydrogen) atoms. The van der Waals surface area contributed by atoms with Crippen LogP contribution in [0.3, 0.4) is 0 Å². The van der Waals surface area contributed by atoms with Crippen molar-refractivity contribution in [2.24, 2.45) is 11.7 Å². The van der Waals surface area contributed by atoms with Crippen molar-refractivity contribution in [3.8, 4) is 0 Å². The van der Waals surface area contributed by atoms with Crippen LogP contribution in [0.4, 0.5) is 0 Å². The third-order valence-corrected chi connectivity index (χ3v) is 2.50. The Morgan fingerprint density at radius 3 is 2.62 bits per heavy atom. The zero-order chi connectivity index (χ0) is 12.6. The van der Waals surface area contributed by atoms with Gasteiger partial charge in [0.05, 0.1) is 0 Å². The van der Waals surface area contributed by atoms with Crippen LogP contribution < -0.4 is 11.1 Å². The van der Waals surface area contributed by atoms with E-state index in [4.69, 9.17) is 10.8 Å². The second-order valence-electron chi connectivity index (χ2n) is 5.27. The van der Waals surface area contributed by atoms with Gasteiger partial charge in [-0.1, -0.05) is 6.92 Å². The van der Waals surface area contributed by atoms with E-state index in [1.165, 1.54) is 0 Å². The molecule has 96 valence electrons. The molecule has 0 aliphatic heterocycles. The van der Waals surface area contributed by atoms with Crippen LogP contribution in [-0.2, 0) is 4.79 Å². The Kier molecular flexibility index (Phi) is 7.34. The van der Waals surface area contributed by atoms with Crippen LogP contribution in [0.25, 0.3) is 0 Å². The molecule has 0 saturated carbocycles. The summed E-state index contributed by atoms with van der Waals surface area (Å²) in [5.74, 6) is 0.384. The highest BCUT2D eigenvalue weighted by Crippen LogP contribution is 2.07. The zero-order valence-electron chi connectivity index (χ0n) is 10.8. The van der Waals surface area contributed by atoms with Gasteiger partial charge in [0, 0.05) is 25.1 Å². The Hall–Kier alpha value is -0.610. The number of carbonyl (C=O) groups is 1. The summed E-state index contributed by atoms with van der Waals surface area (Å²) in [6, 6.07) is 0. The topological polar surface area (TPSA) is 75.3 Å². The van der Waals surface area contributed by atoms with Gasteiger partial charge in [-0.05, 0) is 39.0 Å². The van der Waals surface area contributed by atoms with Crippen LogP contribution in [-0.4, -0.2) is 29.7 Å². The van der Waals surface area contributed by atoms with Crippen molar-refractivity contribution in [2.45, 2.75) is 52.0 Å². The molecule has 0 radical (unpaired) electrons. The van der Waals surface area contributed by atoms with E-state index in [9.17, 15) is 4.79 Å². The molecular weight excluding hydrogens is 204 g/mol. The summed E-state index contributed by atoms with van der Waals surface area (Å²) in [7, 11) is 0. The zero-order valence-corrected chi connectivity index (χ0v) is 10.8. The first-order valence-electron chi connectivity index (χ1n) is 6.01. The fraction of sp³-hybridized carbons (Fsp3) is 0.917. The average Bonchev–Trinajstić information content (AvgIpc) is 2.20. The molecule has 0 aromatic heterocycles. The van der Waals surface area contributed by atoms with Crippen LogP contribution in [0.15, 0.2) is 0 Å². The Morgan fingerprint density at radius 2 is 2.12 bits per heavy atom. The number of hydrogen-bond acceptors (Lipinski definition) is 3. The van der Waals surface area contributed by atoms with E-state index in [0.717, 1.165) is 12.8 Å². The summed E-state index contributed by atoms with van der Waals surface area (Å²) in [5, 5.41) is 11.7. The van der Waals surface area contributed by atoms with Crippen LogP contribution in [0.5, 0.6) is 0 Å². The lowest BCUT2D eigenvalue weighted by atomic mass is 10.00. The highest BCUT2D eigenvalue weighted by Gasteiger charge is 2.12. The molecule has 1 atom stereocenters. The Balaban J connectivity index is 3.45. The van der Waals surface area contributed by atoms with Crippen molar-refractivity contribution < 1.29 is 9.90 Å².